The number of benzene rings is 3. The van der Waals surface area contributed by atoms with Crippen LogP contribution >= 0.6 is 0 Å². The highest BCUT2D eigenvalue weighted by atomic mass is 16.8. The number of hydrogen-bond acceptors (Lipinski definition) is 8. The predicted molar refractivity (Wildman–Crippen MR) is 174 cm³/mol. The first kappa shape index (κ1) is 34.0. The van der Waals surface area contributed by atoms with Crippen LogP contribution in [0.15, 0.2) is 96.6 Å². The summed E-state index contributed by atoms with van der Waals surface area (Å²) < 4.78 is 18.3. The molecule has 10 heteroatoms. The average Bonchev–Trinajstić information content (AvgIpc) is 3.47. The lowest BCUT2D eigenvalue weighted by Gasteiger charge is -2.29. The van der Waals surface area contributed by atoms with Crippen LogP contribution in [0.4, 0.5) is 0 Å². The second-order valence-corrected chi connectivity index (χ2v) is 12.8. The first-order chi connectivity index (χ1) is 22.5. The van der Waals surface area contributed by atoms with E-state index in [0.29, 0.717) is 16.7 Å². The van der Waals surface area contributed by atoms with Gasteiger partial charge in [0.1, 0.15) is 17.8 Å². The van der Waals surface area contributed by atoms with Crippen LogP contribution in [0.5, 0.6) is 0 Å². The summed E-state index contributed by atoms with van der Waals surface area (Å²) in [7, 11) is 0. The highest BCUT2D eigenvalue weighted by Crippen LogP contribution is 2.46. The van der Waals surface area contributed by atoms with E-state index < -0.39 is 47.6 Å². The highest BCUT2D eigenvalue weighted by molar-refractivity contribution is 5.95. The van der Waals surface area contributed by atoms with Gasteiger partial charge in [-0.05, 0) is 51.0 Å². The number of esters is 1. The summed E-state index contributed by atoms with van der Waals surface area (Å²) in [4.78, 5) is 38.3. The van der Waals surface area contributed by atoms with Gasteiger partial charge in [0, 0.05) is 41.6 Å². The number of ether oxygens (including phenoxy) is 3. The van der Waals surface area contributed by atoms with Crippen molar-refractivity contribution in [2.45, 2.75) is 82.3 Å². The van der Waals surface area contributed by atoms with Crippen molar-refractivity contribution in [2.75, 3.05) is 6.61 Å². The third kappa shape index (κ3) is 8.33. The Morgan fingerprint density at radius 3 is 2.21 bits per heavy atom. The smallest absolute Gasteiger partial charge is 0.306 e. The average molecular weight is 643 g/mol. The SMILES string of the molecule is CC(C)(C)OC(=O)CCC(CO)NC(=O)c1cccc(CNC(=O)C2=CC3OC(c4ccccc4)(c4ccccc4)OC3C(O)C2)c1. The molecule has 4 N–H and O–H groups in total. The van der Waals surface area contributed by atoms with Crippen molar-refractivity contribution in [3.63, 3.8) is 0 Å². The molecule has 1 heterocycles. The number of nitrogens with one attached hydrogen (secondary N) is 2. The minimum absolute atomic E-state index is 0.0532. The van der Waals surface area contributed by atoms with E-state index in [4.69, 9.17) is 14.2 Å². The van der Waals surface area contributed by atoms with Crippen molar-refractivity contribution in [1.29, 1.82) is 0 Å². The number of carbonyl (C=O) groups excluding carboxylic acids is 3. The molecule has 0 bridgehead atoms. The minimum atomic E-state index is -1.24. The number of fused-ring (bicyclic) bond motifs is 1. The van der Waals surface area contributed by atoms with Gasteiger partial charge in [-0.25, -0.2) is 0 Å². The topological polar surface area (TPSA) is 143 Å². The summed E-state index contributed by atoms with van der Waals surface area (Å²) in [6, 6.07) is 25.2. The molecule has 4 atom stereocenters. The molecule has 0 aromatic heterocycles. The van der Waals surface area contributed by atoms with Crippen LogP contribution in [-0.4, -0.2) is 64.6 Å². The zero-order chi connectivity index (χ0) is 33.6. The van der Waals surface area contributed by atoms with Gasteiger partial charge in [0.25, 0.3) is 5.91 Å². The highest BCUT2D eigenvalue weighted by Gasteiger charge is 2.53. The number of carbonyl (C=O) groups is 3. The fourth-order valence-corrected chi connectivity index (χ4v) is 5.78. The molecule has 4 unspecified atom stereocenters. The number of rotatable bonds is 11. The largest absolute Gasteiger partial charge is 0.460 e. The van der Waals surface area contributed by atoms with Crippen molar-refractivity contribution < 1.29 is 38.8 Å². The van der Waals surface area contributed by atoms with Crippen LogP contribution in [0.2, 0.25) is 0 Å². The molecular weight excluding hydrogens is 600 g/mol. The Balaban J connectivity index is 1.21. The number of aliphatic hydroxyl groups excluding tert-OH is 2. The molecule has 0 spiro atoms. The summed E-state index contributed by atoms with van der Waals surface area (Å²) in [6.45, 7) is 5.13. The van der Waals surface area contributed by atoms with Crippen LogP contribution in [0.1, 0.15) is 67.1 Å². The van der Waals surface area contributed by atoms with Gasteiger partial charge >= 0.3 is 5.97 Å². The Labute approximate surface area is 274 Å². The van der Waals surface area contributed by atoms with E-state index in [1.807, 2.05) is 60.7 Å². The van der Waals surface area contributed by atoms with Crippen molar-refractivity contribution in [2.24, 2.45) is 0 Å². The lowest BCUT2D eigenvalue weighted by Crippen LogP contribution is -2.41. The lowest BCUT2D eigenvalue weighted by molar-refractivity contribution is -0.156. The molecule has 1 fully saturated rings. The first-order valence-corrected chi connectivity index (χ1v) is 15.8. The third-order valence-electron chi connectivity index (χ3n) is 8.02. The molecule has 3 aromatic rings. The minimum Gasteiger partial charge on any atom is -0.460 e. The molecule has 1 saturated heterocycles. The van der Waals surface area contributed by atoms with Crippen molar-refractivity contribution >= 4 is 17.8 Å². The first-order valence-electron chi connectivity index (χ1n) is 15.8. The molecule has 0 radical (unpaired) electrons. The maximum absolute atomic E-state index is 13.3. The van der Waals surface area contributed by atoms with Gasteiger partial charge in [0.2, 0.25) is 11.7 Å². The van der Waals surface area contributed by atoms with Crippen molar-refractivity contribution in [1.82, 2.24) is 10.6 Å². The summed E-state index contributed by atoms with van der Waals surface area (Å²) in [6.07, 6.45) is -0.224. The van der Waals surface area contributed by atoms with E-state index in [2.05, 4.69) is 10.6 Å². The summed E-state index contributed by atoms with van der Waals surface area (Å²) >= 11 is 0. The predicted octanol–water partition coefficient (Wildman–Crippen LogP) is 3.89. The van der Waals surface area contributed by atoms with Gasteiger partial charge in [-0.3, -0.25) is 14.4 Å². The van der Waals surface area contributed by atoms with E-state index in [1.54, 1.807) is 51.1 Å². The van der Waals surface area contributed by atoms with Gasteiger partial charge in [-0.2, -0.15) is 0 Å². The maximum Gasteiger partial charge on any atom is 0.306 e. The van der Waals surface area contributed by atoms with E-state index in [9.17, 15) is 24.6 Å². The van der Waals surface area contributed by atoms with Crippen LogP contribution in [0.25, 0.3) is 0 Å². The van der Waals surface area contributed by atoms with Crippen LogP contribution < -0.4 is 10.6 Å². The molecule has 5 rings (SSSR count). The molecule has 47 heavy (non-hydrogen) atoms. The third-order valence-corrected chi connectivity index (χ3v) is 8.02. The number of aliphatic hydroxyl groups is 2. The quantitative estimate of drug-likeness (QED) is 0.231. The zero-order valence-corrected chi connectivity index (χ0v) is 26.8. The second kappa shape index (κ2) is 14.6. The molecule has 248 valence electrons. The molecular formula is C37H42N2O8. The summed E-state index contributed by atoms with van der Waals surface area (Å²) in [5, 5.41) is 26.5. The Morgan fingerprint density at radius 2 is 1.60 bits per heavy atom. The van der Waals surface area contributed by atoms with Crippen molar-refractivity contribution in [3.05, 3.63) is 119 Å². The summed E-state index contributed by atoms with van der Waals surface area (Å²) in [5.41, 5.74) is 2.36. The normalized spacial score (nSPS) is 20.8. The standard InChI is InChI=1S/C37H42N2O8/c1-36(2,3)46-32(42)18-17-29(23-40)39-35(44)25-12-10-11-24(19-25)22-38-34(43)26-20-30(41)33-31(21-26)45-37(47-33,27-13-6-4-7-14-27)28-15-8-5-9-16-28/h4-16,19,21,29-31,33,40-41H,17-18,20,22-23H2,1-3H3,(H,38,43)(H,39,44). The van der Waals surface area contributed by atoms with Gasteiger partial charge in [-0.1, -0.05) is 72.8 Å². The Kier molecular flexibility index (Phi) is 10.6. The Morgan fingerprint density at radius 1 is 0.936 bits per heavy atom. The lowest BCUT2D eigenvalue weighted by atomic mass is 9.92. The van der Waals surface area contributed by atoms with Crippen LogP contribution in [-0.2, 0) is 36.1 Å². The molecule has 10 nitrogen and oxygen atoms in total. The second-order valence-electron chi connectivity index (χ2n) is 12.8. The van der Waals surface area contributed by atoms with Crippen molar-refractivity contribution in [3.8, 4) is 0 Å². The zero-order valence-electron chi connectivity index (χ0n) is 26.8. The van der Waals surface area contributed by atoms with Gasteiger partial charge < -0.3 is 35.1 Å². The molecule has 2 amide bonds. The summed E-state index contributed by atoms with van der Waals surface area (Å²) in [5.74, 6) is -2.42. The maximum atomic E-state index is 13.3. The Bertz CT molecular complexity index is 1550. The molecule has 1 aliphatic heterocycles. The Hall–Kier alpha value is -4.35. The van der Waals surface area contributed by atoms with E-state index in [0.717, 1.165) is 11.1 Å². The van der Waals surface area contributed by atoms with Crippen LogP contribution in [0.3, 0.4) is 0 Å². The number of hydrogen-bond donors (Lipinski definition) is 4. The van der Waals surface area contributed by atoms with Crippen LogP contribution in [0, 0.1) is 0 Å². The van der Waals surface area contributed by atoms with E-state index in [1.165, 1.54) is 0 Å². The van der Waals surface area contributed by atoms with Gasteiger partial charge in [0.05, 0.1) is 18.8 Å². The number of amides is 2. The van der Waals surface area contributed by atoms with Gasteiger partial charge in [-0.15, -0.1) is 0 Å². The fourth-order valence-electron chi connectivity index (χ4n) is 5.78. The van der Waals surface area contributed by atoms with Gasteiger partial charge in [0.15, 0.2) is 0 Å². The van der Waals surface area contributed by atoms with E-state index in [-0.39, 0.29) is 38.3 Å². The molecule has 3 aromatic carbocycles. The molecule has 0 saturated carbocycles. The van der Waals surface area contributed by atoms with E-state index >= 15 is 0 Å². The monoisotopic (exact) mass is 642 g/mol. The molecule has 1 aliphatic carbocycles. The molecule has 2 aliphatic rings. The fraction of sp³-hybridized carbons (Fsp3) is 0.378.